The third-order valence-electron chi connectivity index (χ3n) is 3.32. The van der Waals surface area contributed by atoms with Crippen molar-refractivity contribution in [3.8, 4) is 0 Å². The molecule has 0 heterocycles. The minimum absolute atomic E-state index is 0.0181. The van der Waals surface area contributed by atoms with Gasteiger partial charge in [-0.05, 0) is 6.42 Å². The zero-order chi connectivity index (χ0) is 21.9. The number of nitrogens with two attached hydrogens (primary N) is 3. The average molecular weight is 420 g/mol. The van der Waals surface area contributed by atoms with Crippen LogP contribution in [0.2, 0.25) is 0 Å². The fourth-order valence-corrected chi connectivity index (χ4v) is 2.09. The molecule has 28 heavy (non-hydrogen) atoms. The predicted molar refractivity (Wildman–Crippen MR) is 98.6 cm³/mol. The Morgan fingerprint density at radius 1 is 0.929 bits per heavy atom. The van der Waals surface area contributed by atoms with Crippen molar-refractivity contribution in [2.75, 3.05) is 12.3 Å². The highest BCUT2D eigenvalue weighted by molar-refractivity contribution is 7.80. The molecule has 0 saturated heterocycles. The van der Waals surface area contributed by atoms with Crippen LogP contribution in [0.4, 0.5) is 0 Å². The van der Waals surface area contributed by atoms with Gasteiger partial charge in [-0.3, -0.25) is 24.0 Å². The van der Waals surface area contributed by atoms with Gasteiger partial charge >= 0.3 is 5.97 Å². The first-order valence-corrected chi connectivity index (χ1v) is 8.64. The van der Waals surface area contributed by atoms with Crippen LogP contribution in [0.15, 0.2) is 0 Å². The van der Waals surface area contributed by atoms with Gasteiger partial charge in [-0.25, -0.2) is 4.79 Å². The SMILES string of the molecule is NC(=O)CCC(N)C(=O)NCC(=O)NC(CC(N)=O)C(=O)NC(CS)C(=O)O. The summed E-state index contributed by atoms with van der Waals surface area (Å²) in [5, 5.41) is 15.4. The molecule has 0 rings (SSSR count). The maximum absolute atomic E-state index is 12.1. The van der Waals surface area contributed by atoms with Crippen LogP contribution in [-0.2, 0) is 28.8 Å². The van der Waals surface area contributed by atoms with Crippen LogP contribution in [0, 0.1) is 0 Å². The summed E-state index contributed by atoms with van der Waals surface area (Å²) in [6, 6.07) is -3.87. The summed E-state index contributed by atoms with van der Waals surface area (Å²) in [7, 11) is 0. The molecule has 0 radical (unpaired) electrons. The van der Waals surface area contributed by atoms with Crippen LogP contribution in [0.5, 0.6) is 0 Å². The lowest BCUT2D eigenvalue weighted by atomic mass is 10.1. The highest BCUT2D eigenvalue weighted by atomic mass is 32.1. The van der Waals surface area contributed by atoms with Crippen LogP contribution in [0.25, 0.3) is 0 Å². The van der Waals surface area contributed by atoms with E-state index in [0.29, 0.717) is 0 Å². The fraction of sp³-hybridized carbons (Fsp3) is 0.571. The third-order valence-corrected chi connectivity index (χ3v) is 3.68. The van der Waals surface area contributed by atoms with E-state index in [2.05, 4.69) is 28.6 Å². The number of rotatable bonds is 13. The van der Waals surface area contributed by atoms with Crippen molar-refractivity contribution in [2.24, 2.45) is 17.2 Å². The lowest BCUT2D eigenvalue weighted by Gasteiger charge is -2.20. The zero-order valence-electron chi connectivity index (χ0n) is 14.8. The summed E-state index contributed by atoms with van der Waals surface area (Å²) in [4.78, 5) is 68.4. The smallest absolute Gasteiger partial charge is 0.327 e. The van der Waals surface area contributed by atoms with Crippen molar-refractivity contribution in [1.82, 2.24) is 16.0 Å². The normalized spacial score (nSPS) is 13.5. The summed E-state index contributed by atoms with van der Waals surface area (Å²) in [6.07, 6.45) is -0.726. The summed E-state index contributed by atoms with van der Waals surface area (Å²) >= 11 is 3.78. The molecule has 158 valence electrons. The van der Waals surface area contributed by atoms with Crippen molar-refractivity contribution >= 4 is 48.1 Å². The minimum Gasteiger partial charge on any atom is -0.480 e. The van der Waals surface area contributed by atoms with Gasteiger partial charge in [-0.2, -0.15) is 12.6 Å². The standard InChI is InChI=1S/C14H24N6O7S/c15-6(1-2-9(16)21)12(24)18-4-11(23)19-7(3-10(17)22)13(25)20-8(5-28)14(26)27/h6-8,28H,1-5,15H2,(H2,16,21)(H2,17,22)(H,18,24)(H,19,23)(H,20,25)(H,26,27). The van der Waals surface area contributed by atoms with Gasteiger partial charge in [-0.1, -0.05) is 0 Å². The largest absolute Gasteiger partial charge is 0.480 e. The number of primary amides is 2. The molecule has 0 aliphatic carbocycles. The molecular formula is C14H24N6O7S. The van der Waals surface area contributed by atoms with E-state index in [1.807, 2.05) is 0 Å². The van der Waals surface area contributed by atoms with Crippen LogP contribution in [0.1, 0.15) is 19.3 Å². The molecule has 0 aromatic rings. The second-order valence-electron chi connectivity index (χ2n) is 5.70. The Morgan fingerprint density at radius 2 is 1.54 bits per heavy atom. The predicted octanol–water partition coefficient (Wildman–Crippen LogP) is -4.45. The van der Waals surface area contributed by atoms with E-state index in [0.717, 1.165) is 0 Å². The number of carbonyl (C=O) groups is 6. The summed E-state index contributed by atoms with van der Waals surface area (Å²) < 4.78 is 0. The molecule has 0 bridgehead atoms. The maximum Gasteiger partial charge on any atom is 0.327 e. The van der Waals surface area contributed by atoms with Crippen molar-refractivity contribution in [3.63, 3.8) is 0 Å². The Balaban J connectivity index is 4.74. The summed E-state index contributed by atoms with van der Waals surface area (Å²) in [5.41, 5.74) is 15.5. The van der Waals surface area contributed by atoms with Crippen LogP contribution in [-0.4, -0.2) is 71.0 Å². The minimum atomic E-state index is -1.45. The molecular weight excluding hydrogens is 396 g/mol. The first-order chi connectivity index (χ1) is 13.0. The number of aliphatic carboxylic acids is 1. The van der Waals surface area contributed by atoms with Gasteiger partial charge in [0.2, 0.25) is 29.5 Å². The van der Waals surface area contributed by atoms with Crippen LogP contribution >= 0.6 is 12.6 Å². The van der Waals surface area contributed by atoms with E-state index < -0.39 is 66.6 Å². The fourth-order valence-electron chi connectivity index (χ4n) is 1.84. The van der Waals surface area contributed by atoms with Gasteiger partial charge in [-0.15, -0.1) is 0 Å². The highest BCUT2D eigenvalue weighted by Gasteiger charge is 2.27. The highest BCUT2D eigenvalue weighted by Crippen LogP contribution is 1.97. The Morgan fingerprint density at radius 3 is 2.00 bits per heavy atom. The number of amides is 5. The molecule has 0 saturated carbocycles. The molecule has 3 unspecified atom stereocenters. The quantitative estimate of drug-likeness (QED) is 0.135. The number of nitrogens with one attached hydrogen (secondary N) is 3. The zero-order valence-corrected chi connectivity index (χ0v) is 15.7. The van der Waals surface area contributed by atoms with Gasteiger partial charge in [0.05, 0.1) is 19.0 Å². The Kier molecular flexibility index (Phi) is 11.2. The maximum atomic E-state index is 12.1. The average Bonchev–Trinajstić information content (AvgIpc) is 2.60. The molecule has 0 spiro atoms. The molecule has 13 nitrogen and oxygen atoms in total. The van der Waals surface area contributed by atoms with Crippen molar-refractivity contribution in [3.05, 3.63) is 0 Å². The number of carboxylic acids is 1. The topological polar surface area (TPSA) is 237 Å². The lowest BCUT2D eigenvalue weighted by Crippen LogP contribution is -2.55. The Bertz CT molecular complexity index is 629. The first kappa shape index (κ1) is 25.1. The molecule has 14 heteroatoms. The third kappa shape index (κ3) is 10.3. The number of thiol groups is 1. The van der Waals surface area contributed by atoms with E-state index in [1.54, 1.807) is 0 Å². The van der Waals surface area contributed by atoms with E-state index in [-0.39, 0.29) is 18.6 Å². The second-order valence-corrected chi connectivity index (χ2v) is 6.07. The number of carboxylic acid groups (broad SMARTS) is 1. The molecule has 10 N–H and O–H groups in total. The number of hydrogen-bond donors (Lipinski definition) is 8. The molecule has 0 aliphatic rings. The molecule has 3 atom stereocenters. The van der Waals surface area contributed by atoms with Crippen molar-refractivity contribution in [2.45, 2.75) is 37.4 Å². The van der Waals surface area contributed by atoms with Gasteiger partial charge < -0.3 is 38.3 Å². The first-order valence-electron chi connectivity index (χ1n) is 8.01. The Labute approximate surface area is 165 Å². The van der Waals surface area contributed by atoms with Gasteiger partial charge in [0.25, 0.3) is 0 Å². The van der Waals surface area contributed by atoms with Crippen molar-refractivity contribution in [1.29, 1.82) is 0 Å². The van der Waals surface area contributed by atoms with Crippen molar-refractivity contribution < 1.29 is 33.9 Å². The van der Waals surface area contributed by atoms with E-state index >= 15 is 0 Å². The number of carbonyl (C=O) groups excluding carboxylic acids is 5. The lowest BCUT2D eigenvalue weighted by molar-refractivity contribution is -0.141. The van der Waals surface area contributed by atoms with E-state index in [4.69, 9.17) is 22.3 Å². The number of hydrogen-bond acceptors (Lipinski definition) is 8. The molecule has 0 fully saturated rings. The second kappa shape index (κ2) is 12.5. The molecule has 0 aliphatic heterocycles. The van der Waals surface area contributed by atoms with E-state index in [9.17, 15) is 28.8 Å². The molecule has 5 amide bonds. The van der Waals surface area contributed by atoms with Crippen LogP contribution in [0.3, 0.4) is 0 Å². The van der Waals surface area contributed by atoms with Gasteiger partial charge in [0.1, 0.15) is 12.1 Å². The van der Waals surface area contributed by atoms with Gasteiger partial charge in [0, 0.05) is 12.2 Å². The van der Waals surface area contributed by atoms with Crippen LogP contribution < -0.4 is 33.2 Å². The van der Waals surface area contributed by atoms with E-state index in [1.165, 1.54) is 0 Å². The summed E-state index contributed by atoms with van der Waals surface area (Å²) in [5.74, 6) is -5.68. The summed E-state index contributed by atoms with van der Waals surface area (Å²) in [6.45, 7) is -0.583. The molecule has 0 aromatic carbocycles. The monoisotopic (exact) mass is 420 g/mol. The Hall–Kier alpha value is -2.87. The molecule has 0 aromatic heterocycles. The van der Waals surface area contributed by atoms with Gasteiger partial charge in [0.15, 0.2) is 0 Å².